The van der Waals surface area contributed by atoms with E-state index in [0.29, 0.717) is 13.1 Å². The van der Waals surface area contributed by atoms with Gasteiger partial charge in [0, 0.05) is 37.4 Å². The van der Waals surface area contributed by atoms with Gasteiger partial charge in [-0.2, -0.15) is 4.31 Å². The van der Waals surface area contributed by atoms with E-state index in [1.54, 1.807) is 12.3 Å². The smallest absolute Gasteiger partial charge is 0.406 e. The third kappa shape index (κ3) is 3.71. The van der Waals surface area contributed by atoms with Gasteiger partial charge in [-0.1, -0.05) is 6.07 Å². The van der Waals surface area contributed by atoms with E-state index >= 15 is 0 Å². The Labute approximate surface area is 160 Å². The molecule has 1 aromatic carbocycles. The highest BCUT2D eigenvalue weighted by atomic mass is 32.2. The molecule has 0 bridgehead atoms. The number of rotatable bonds is 3. The van der Waals surface area contributed by atoms with Crippen molar-refractivity contribution in [3.8, 4) is 5.75 Å². The van der Waals surface area contributed by atoms with E-state index in [1.807, 2.05) is 6.07 Å². The number of sulfonamides is 1. The Morgan fingerprint density at radius 3 is 2.61 bits per heavy atom. The largest absolute Gasteiger partial charge is 0.573 e. The monoisotopic (exact) mass is 413 g/mol. The molecule has 2 aliphatic rings. The highest BCUT2D eigenvalue weighted by Gasteiger charge is 2.39. The molecule has 2 aromatic rings. The van der Waals surface area contributed by atoms with Crippen LogP contribution in [0, 0.1) is 5.92 Å². The minimum absolute atomic E-state index is 0.0723. The highest BCUT2D eigenvalue weighted by Crippen LogP contribution is 2.35. The number of benzene rings is 1. The number of ether oxygens (including phenoxy) is 1. The molecule has 1 aromatic heterocycles. The summed E-state index contributed by atoms with van der Waals surface area (Å²) in [4.78, 5) is 4.40. The molecule has 4 rings (SSSR count). The van der Waals surface area contributed by atoms with Gasteiger partial charge in [-0.15, -0.1) is 13.2 Å². The minimum Gasteiger partial charge on any atom is -0.406 e. The van der Waals surface area contributed by atoms with Crippen LogP contribution in [0.1, 0.15) is 17.2 Å². The summed E-state index contributed by atoms with van der Waals surface area (Å²) in [6.45, 7) is 1.92. The quantitative estimate of drug-likeness (QED) is 0.837. The fraction of sp³-hybridized carbons (Fsp3) is 0.389. The molecular formula is C18H18F3N3O3S. The van der Waals surface area contributed by atoms with Gasteiger partial charge in [0.05, 0.1) is 4.90 Å². The molecule has 0 spiro atoms. The predicted molar refractivity (Wildman–Crippen MR) is 94.1 cm³/mol. The first-order valence-electron chi connectivity index (χ1n) is 8.74. The van der Waals surface area contributed by atoms with Crippen molar-refractivity contribution in [1.82, 2.24) is 14.6 Å². The van der Waals surface area contributed by atoms with Crippen molar-refractivity contribution >= 4 is 10.0 Å². The summed E-state index contributed by atoms with van der Waals surface area (Å²) in [5, 5.41) is 3.29. The first kappa shape index (κ1) is 19.2. The lowest BCUT2D eigenvalue weighted by atomic mass is 9.91. The fourth-order valence-corrected chi connectivity index (χ4v) is 5.30. The first-order valence-corrected chi connectivity index (χ1v) is 10.2. The van der Waals surface area contributed by atoms with E-state index in [9.17, 15) is 21.6 Å². The Morgan fingerprint density at radius 1 is 1.14 bits per heavy atom. The molecule has 2 atom stereocenters. The van der Waals surface area contributed by atoms with Gasteiger partial charge in [0.15, 0.2) is 0 Å². The summed E-state index contributed by atoms with van der Waals surface area (Å²) in [6, 6.07) is 7.92. The maximum Gasteiger partial charge on any atom is 0.573 e. The van der Waals surface area contributed by atoms with Crippen LogP contribution in [0.5, 0.6) is 5.75 Å². The van der Waals surface area contributed by atoms with Gasteiger partial charge >= 0.3 is 6.36 Å². The molecule has 0 unspecified atom stereocenters. The molecule has 1 fully saturated rings. The highest BCUT2D eigenvalue weighted by molar-refractivity contribution is 7.89. The number of hydrogen-bond donors (Lipinski definition) is 1. The summed E-state index contributed by atoms with van der Waals surface area (Å²) < 4.78 is 68.5. The van der Waals surface area contributed by atoms with Gasteiger partial charge in [0.1, 0.15) is 5.75 Å². The third-order valence-corrected chi connectivity index (χ3v) is 6.92. The van der Waals surface area contributed by atoms with E-state index in [4.69, 9.17) is 0 Å². The molecule has 1 saturated heterocycles. The summed E-state index contributed by atoms with van der Waals surface area (Å²) in [7, 11) is -3.89. The number of halogens is 3. The molecule has 2 aliphatic heterocycles. The molecule has 150 valence electrons. The number of hydrogen-bond acceptors (Lipinski definition) is 5. The lowest BCUT2D eigenvalue weighted by Gasteiger charge is -2.23. The Hall–Kier alpha value is -2.17. The van der Waals surface area contributed by atoms with Gasteiger partial charge in [-0.05, 0) is 48.4 Å². The second kappa shape index (κ2) is 7.02. The normalized spacial score (nSPS) is 23.0. The van der Waals surface area contributed by atoms with Crippen LogP contribution in [0.4, 0.5) is 13.2 Å². The molecule has 0 aliphatic carbocycles. The van der Waals surface area contributed by atoms with Gasteiger partial charge in [-0.25, -0.2) is 8.42 Å². The minimum atomic E-state index is -4.83. The van der Waals surface area contributed by atoms with Crippen LogP contribution >= 0.6 is 0 Å². The molecule has 3 heterocycles. The van der Waals surface area contributed by atoms with Crippen LogP contribution in [0.15, 0.2) is 47.5 Å². The molecule has 28 heavy (non-hydrogen) atoms. The second-order valence-electron chi connectivity index (χ2n) is 6.89. The van der Waals surface area contributed by atoms with Crippen molar-refractivity contribution in [2.75, 3.05) is 19.6 Å². The lowest BCUT2D eigenvalue weighted by molar-refractivity contribution is -0.274. The Morgan fingerprint density at radius 2 is 1.89 bits per heavy atom. The zero-order valence-electron chi connectivity index (χ0n) is 14.7. The second-order valence-corrected chi connectivity index (χ2v) is 8.83. The Bertz CT molecular complexity index is 964. The van der Waals surface area contributed by atoms with Crippen LogP contribution in [0.2, 0.25) is 0 Å². The number of pyridine rings is 1. The summed E-state index contributed by atoms with van der Waals surface area (Å²) in [6.07, 6.45) is -3.12. The van der Waals surface area contributed by atoms with Gasteiger partial charge in [0.25, 0.3) is 0 Å². The third-order valence-electron chi connectivity index (χ3n) is 5.10. The Kier molecular flexibility index (Phi) is 4.80. The maximum atomic E-state index is 13.2. The van der Waals surface area contributed by atoms with Crippen LogP contribution in [0.25, 0.3) is 0 Å². The Balaban J connectivity index is 1.64. The zero-order valence-corrected chi connectivity index (χ0v) is 15.5. The van der Waals surface area contributed by atoms with Crippen LogP contribution in [0.3, 0.4) is 0 Å². The number of alkyl halides is 3. The average molecular weight is 413 g/mol. The number of fused-ring (bicyclic) bond motifs is 3. The molecule has 0 saturated carbocycles. The first-order chi connectivity index (χ1) is 13.2. The van der Waals surface area contributed by atoms with E-state index in [-0.39, 0.29) is 23.3 Å². The van der Waals surface area contributed by atoms with E-state index in [1.165, 1.54) is 4.31 Å². The van der Waals surface area contributed by atoms with E-state index < -0.39 is 22.1 Å². The standard InChI is InChI=1S/C18H18F3N3O3S/c19-18(20,21)27-14-3-5-15(6-4-14)28(25,26)24-10-12-2-1-7-23-17(12)16-9-22-8-13(16)11-24/h1-7,13,16,22H,8-11H2/t13-,16+/m0/s1. The van der Waals surface area contributed by atoms with Crippen molar-refractivity contribution in [2.24, 2.45) is 5.92 Å². The predicted octanol–water partition coefficient (Wildman–Crippen LogP) is 2.49. The summed E-state index contributed by atoms with van der Waals surface area (Å²) >= 11 is 0. The fourth-order valence-electron chi connectivity index (χ4n) is 3.82. The topological polar surface area (TPSA) is 71.5 Å². The van der Waals surface area contributed by atoms with Crippen LogP contribution in [-0.4, -0.2) is 43.7 Å². The number of nitrogens with zero attached hydrogens (tertiary/aromatic N) is 2. The summed E-state index contributed by atoms with van der Waals surface area (Å²) in [5.41, 5.74) is 1.75. The van der Waals surface area contributed by atoms with Gasteiger partial charge in [-0.3, -0.25) is 4.98 Å². The molecule has 1 N–H and O–H groups in total. The molecule has 10 heteroatoms. The van der Waals surface area contributed by atoms with Gasteiger partial charge in [0.2, 0.25) is 10.0 Å². The average Bonchev–Trinajstić information content (AvgIpc) is 3.02. The van der Waals surface area contributed by atoms with Crippen molar-refractivity contribution in [1.29, 1.82) is 0 Å². The lowest BCUT2D eigenvalue weighted by Crippen LogP contribution is -2.35. The molecule has 0 radical (unpaired) electrons. The summed E-state index contributed by atoms with van der Waals surface area (Å²) in [5.74, 6) is -0.241. The number of nitrogens with one attached hydrogen (secondary N) is 1. The van der Waals surface area contributed by atoms with Crippen molar-refractivity contribution in [3.63, 3.8) is 0 Å². The SMILES string of the molecule is O=S(=O)(c1ccc(OC(F)(F)F)cc1)N1Cc2cccnc2[C@@H]2CNC[C@H]2C1. The van der Waals surface area contributed by atoms with Crippen molar-refractivity contribution < 1.29 is 26.3 Å². The van der Waals surface area contributed by atoms with E-state index in [2.05, 4.69) is 15.0 Å². The van der Waals surface area contributed by atoms with Crippen molar-refractivity contribution in [3.05, 3.63) is 53.9 Å². The zero-order chi connectivity index (χ0) is 19.9. The molecule has 0 amide bonds. The maximum absolute atomic E-state index is 13.2. The van der Waals surface area contributed by atoms with Crippen molar-refractivity contribution in [2.45, 2.75) is 23.7 Å². The van der Waals surface area contributed by atoms with E-state index in [0.717, 1.165) is 42.1 Å². The molecular weight excluding hydrogens is 395 g/mol. The number of aromatic nitrogens is 1. The van der Waals surface area contributed by atoms with Crippen LogP contribution < -0.4 is 10.1 Å². The molecule has 6 nitrogen and oxygen atoms in total. The van der Waals surface area contributed by atoms with Crippen LogP contribution in [-0.2, 0) is 16.6 Å². The van der Waals surface area contributed by atoms with Gasteiger partial charge < -0.3 is 10.1 Å².